The molecule has 0 saturated heterocycles. The molecule has 0 atom stereocenters. The molecule has 0 spiro atoms. The predicted molar refractivity (Wildman–Crippen MR) is 175 cm³/mol. The van der Waals surface area contributed by atoms with Crippen molar-refractivity contribution in [3.8, 4) is 22.5 Å². The van der Waals surface area contributed by atoms with Gasteiger partial charge in [-0.25, -0.2) is 0 Å². The normalized spacial score (nSPS) is 15.7. The number of benzene rings is 3. The first kappa shape index (κ1) is 21.3. The summed E-state index contributed by atoms with van der Waals surface area (Å²) in [4.78, 5) is 8.77. The Morgan fingerprint density at radius 3 is 2.31 bits per heavy atom. The molecule has 6 rings (SSSR count). The molecule has 0 saturated carbocycles. The van der Waals surface area contributed by atoms with Crippen LogP contribution in [0.1, 0.15) is 49.6 Å². The summed E-state index contributed by atoms with van der Waals surface area (Å²) in [7, 11) is -1.87. The first-order valence-electron chi connectivity index (χ1n) is 17.9. The largest absolute Gasteiger partial charge is 0.501 e. The van der Waals surface area contributed by atoms with Gasteiger partial charge in [0.25, 0.3) is 0 Å². The van der Waals surface area contributed by atoms with Crippen LogP contribution in [0.5, 0.6) is 0 Å². The number of fused-ring (bicyclic) bond motifs is 3. The van der Waals surface area contributed by atoms with E-state index in [0.29, 0.717) is 16.7 Å². The van der Waals surface area contributed by atoms with Gasteiger partial charge in [-0.3, -0.25) is 0 Å². The molecular formula is C37H38IrN2OSi-2. The van der Waals surface area contributed by atoms with E-state index in [1.807, 2.05) is 73.8 Å². The van der Waals surface area contributed by atoms with E-state index < -0.39 is 34.0 Å². The maximum Gasteiger partial charge on any atom is 0.120 e. The monoisotopic (exact) mass is 756 g/mol. The number of furan rings is 1. The molecule has 0 bridgehead atoms. The third kappa shape index (κ3) is 6.49. The van der Waals surface area contributed by atoms with Crippen molar-refractivity contribution >= 4 is 35.2 Å². The molecule has 0 aliphatic carbocycles. The zero-order chi connectivity index (χ0) is 36.9. The van der Waals surface area contributed by atoms with Gasteiger partial charge >= 0.3 is 0 Å². The minimum Gasteiger partial charge on any atom is -0.501 e. The average Bonchev–Trinajstić information content (AvgIpc) is 3.40. The van der Waals surface area contributed by atoms with Crippen molar-refractivity contribution in [1.82, 2.24) is 9.97 Å². The van der Waals surface area contributed by atoms with Crippen LogP contribution >= 0.6 is 0 Å². The minimum absolute atomic E-state index is 0. The topological polar surface area (TPSA) is 38.9 Å². The van der Waals surface area contributed by atoms with Crippen LogP contribution < -0.4 is 5.19 Å². The van der Waals surface area contributed by atoms with Gasteiger partial charge in [0.05, 0.1) is 5.58 Å². The molecule has 5 heteroatoms. The molecule has 217 valence electrons. The van der Waals surface area contributed by atoms with Crippen LogP contribution in [-0.4, -0.2) is 18.0 Å². The molecule has 6 aromatic rings. The van der Waals surface area contributed by atoms with Crippen LogP contribution in [0.3, 0.4) is 0 Å². The number of hydrogen-bond acceptors (Lipinski definition) is 3. The fourth-order valence-electron chi connectivity index (χ4n) is 4.91. The average molecular weight is 756 g/mol. The summed E-state index contributed by atoms with van der Waals surface area (Å²) in [5.41, 5.74) is 1.71. The number of aromatic nitrogens is 2. The molecule has 1 radical (unpaired) electrons. The van der Waals surface area contributed by atoms with E-state index in [2.05, 4.69) is 47.8 Å². The first-order chi connectivity index (χ1) is 23.2. The van der Waals surface area contributed by atoms with Gasteiger partial charge in [0, 0.05) is 58.3 Å². The van der Waals surface area contributed by atoms with Gasteiger partial charge < -0.3 is 14.4 Å². The zero-order valence-corrected chi connectivity index (χ0v) is 27.6. The molecule has 0 aliphatic heterocycles. The Morgan fingerprint density at radius 1 is 0.881 bits per heavy atom. The van der Waals surface area contributed by atoms with Gasteiger partial charge in [-0.2, -0.15) is 0 Å². The van der Waals surface area contributed by atoms with E-state index in [9.17, 15) is 0 Å². The van der Waals surface area contributed by atoms with Crippen molar-refractivity contribution in [3.05, 3.63) is 114 Å². The summed E-state index contributed by atoms with van der Waals surface area (Å²) >= 11 is 0. The number of nitrogens with zero attached hydrogens (tertiary/aromatic N) is 2. The van der Waals surface area contributed by atoms with E-state index in [1.165, 1.54) is 24.8 Å². The van der Waals surface area contributed by atoms with Crippen LogP contribution in [-0.2, 0) is 25.5 Å². The molecule has 0 fully saturated rings. The molecule has 0 unspecified atom stereocenters. The SMILES string of the molecule is Cc1ccc(-c2[c-]cccc2)nc1.[2H]C([2H])([2H])C(c1ccnc(-c2[c-]cc([Si](C)(C)C)c3c2oc2ccccc23)c1C)(C([2H])([2H])[2H])C([2H])([2H])[2H].[Ir]. The van der Waals surface area contributed by atoms with E-state index in [4.69, 9.17) is 16.8 Å². The quantitative estimate of drug-likeness (QED) is 0.134. The Bertz CT molecular complexity index is 2100. The molecule has 3 aromatic carbocycles. The maximum absolute atomic E-state index is 8.13. The van der Waals surface area contributed by atoms with Crippen molar-refractivity contribution in [3.63, 3.8) is 0 Å². The van der Waals surface area contributed by atoms with Crippen molar-refractivity contribution in [2.24, 2.45) is 0 Å². The van der Waals surface area contributed by atoms with Crippen molar-refractivity contribution in [2.75, 3.05) is 0 Å². The Balaban J connectivity index is 0.000000348. The minimum atomic E-state index is -3.37. The molecular weight excluding hydrogens is 709 g/mol. The van der Waals surface area contributed by atoms with Gasteiger partial charge in [0.15, 0.2) is 0 Å². The first-order valence-corrected chi connectivity index (χ1v) is 16.9. The Morgan fingerprint density at radius 2 is 1.64 bits per heavy atom. The Labute approximate surface area is 277 Å². The van der Waals surface area contributed by atoms with E-state index in [0.717, 1.165) is 27.2 Å². The van der Waals surface area contributed by atoms with E-state index >= 15 is 0 Å². The van der Waals surface area contributed by atoms with E-state index in [1.54, 1.807) is 0 Å². The van der Waals surface area contributed by atoms with Gasteiger partial charge in [-0.05, 0) is 53.9 Å². The van der Waals surface area contributed by atoms with Crippen molar-refractivity contribution in [2.45, 2.75) is 59.5 Å². The van der Waals surface area contributed by atoms with Crippen LogP contribution in [0.2, 0.25) is 19.6 Å². The standard InChI is InChI=1S/C25H28NOSi.C12H10N.Ir/c1-16-19(25(2,3)4)14-15-26-23(16)18-12-13-21(28(5,6)7)22-17-10-8-9-11-20(17)27-24(18)22;1-10-7-8-12(13-9-10)11-5-3-2-4-6-11;/h8-11,13-15H,1-7H3;2-5,7-9H,1H3;/q2*-1;/i2D3,3D3,4D3;;. The van der Waals surface area contributed by atoms with Crippen LogP contribution in [0.4, 0.5) is 0 Å². The van der Waals surface area contributed by atoms with Gasteiger partial charge in [0.2, 0.25) is 0 Å². The van der Waals surface area contributed by atoms with Gasteiger partial charge in [-0.15, -0.1) is 53.2 Å². The fraction of sp³-hybridized carbons (Fsp3) is 0.243. The summed E-state index contributed by atoms with van der Waals surface area (Å²) in [6.45, 7) is 0.0539. The van der Waals surface area contributed by atoms with Crippen LogP contribution in [0.15, 0.2) is 89.6 Å². The zero-order valence-electron chi connectivity index (χ0n) is 33.2. The van der Waals surface area contributed by atoms with Gasteiger partial charge in [-0.1, -0.05) is 87.0 Å². The molecule has 42 heavy (non-hydrogen) atoms. The molecule has 0 N–H and O–H groups in total. The number of rotatable bonds is 3. The Hall–Kier alpha value is -3.37. The van der Waals surface area contributed by atoms with Crippen LogP contribution in [0, 0.1) is 26.0 Å². The van der Waals surface area contributed by atoms with Crippen molar-refractivity contribution in [1.29, 1.82) is 0 Å². The molecule has 3 heterocycles. The molecule has 0 aliphatic rings. The number of pyridine rings is 2. The second-order valence-corrected chi connectivity index (χ2v) is 16.2. The smallest absolute Gasteiger partial charge is 0.120 e. The number of para-hydroxylation sites is 1. The third-order valence-electron chi connectivity index (χ3n) is 7.00. The maximum atomic E-state index is 8.13. The Kier molecular flexibility index (Phi) is 6.33. The van der Waals surface area contributed by atoms with Crippen molar-refractivity contribution < 1.29 is 36.9 Å². The third-order valence-corrected chi connectivity index (χ3v) is 9.01. The fourth-order valence-corrected chi connectivity index (χ4v) is 6.42. The second kappa shape index (κ2) is 12.5. The number of aryl methyl sites for hydroxylation is 1. The molecule has 3 nitrogen and oxygen atoms in total. The van der Waals surface area contributed by atoms with Crippen LogP contribution in [0.25, 0.3) is 44.5 Å². The molecule has 0 amide bonds. The van der Waals surface area contributed by atoms with E-state index in [-0.39, 0.29) is 36.9 Å². The number of hydrogen-bond donors (Lipinski definition) is 0. The molecule has 3 aromatic heterocycles. The second-order valence-electron chi connectivity index (χ2n) is 11.2. The summed E-state index contributed by atoms with van der Waals surface area (Å²) < 4.78 is 79.4. The summed E-state index contributed by atoms with van der Waals surface area (Å²) in [6, 6.07) is 29.0. The summed E-state index contributed by atoms with van der Waals surface area (Å²) in [5, 5.41) is 2.94. The summed E-state index contributed by atoms with van der Waals surface area (Å²) in [5.74, 6) is 0. The summed E-state index contributed by atoms with van der Waals surface area (Å²) in [6.07, 6.45) is 3.13. The predicted octanol–water partition coefficient (Wildman–Crippen LogP) is 9.45. The van der Waals surface area contributed by atoms with Gasteiger partial charge in [0.1, 0.15) is 5.58 Å².